The number of benzene rings is 6. The number of aromatic nitrogens is 2. The van der Waals surface area contributed by atoms with Gasteiger partial charge in [-0.2, -0.15) is 0 Å². The summed E-state index contributed by atoms with van der Waals surface area (Å²) in [5.74, 6) is -0.214. The van der Waals surface area contributed by atoms with Gasteiger partial charge in [0.15, 0.2) is 0 Å². The third-order valence-electron chi connectivity index (χ3n) is 12.6. The van der Waals surface area contributed by atoms with Gasteiger partial charge in [0.05, 0.1) is 25.1 Å². The summed E-state index contributed by atoms with van der Waals surface area (Å²) >= 11 is 3.47. The van der Waals surface area contributed by atoms with Gasteiger partial charge < -0.3 is 19.3 Å². The predicted molar refractivity (Wildman–Crippen MR) is 295 cm³/mol. The fraction of sp³-hybridized carbons (Fsp3) is 0.0968. The second kappa shape index (κ2) is 22.5. The monoisotopic (exact) mass is 978 g/mol. The molecule has 4 heterocycles. The van der Waals surface area contributed by atoms with Crippen LogP contribution in [0.2, 0.25) is 0 Å². The molecule has 0 atom stereocenters. The first-order valence-corrected chi connectivity index (χ1v) is 25.6. The molecule has 354 valence electrons. The summed E-state index contributed by atoms with van der Waals surface area (Å²) in [4.78, 5) is 39.1. The van der Waals surface area contributed by atoms with Crippen molar-refractivity contribution in [2.24, 2.45) is 0 Å². The number of esters is 1. The molecule has 0 aliphatic rings. The first-order chi connectivity index (χ1) is 35.5. The number of carbonyl (C=O) groups excluding carboxylic acids is 2. The minimum atomic E-state index is -0.214. The molecule has 8 nitrogen and oxygen atoms in total. The Hall–Kier alpha value is -8.44. The molecule has 0 unspecified atom stereocenters. The van der Waals surface area contributed by atoms with Crippen LogP contribution in [-0.2, 0) is 31.9 Å². The van der Waals surface area contributed by atoms with Crippen molar-refractivity contribution < 1.29 is 19.1 Å². The smallest absolute Gasteiger partial charge is 0.305 e. The zero-order valence-electron chi connectivity index (χ0n) is 39.6. The Balaban J connectivity index is 0.841. The highest BCUT2D eigenvalue weighted by molar-refractivity contribution is 7.13. The van der Waals surface area contributed by atoms with Crippen LogP contribution in [0.3, 0.4) is 0 Å². The average molecular weight is 979 g/mol. The van der Waals surface area contributed by atoms with Gasteiger partial charge in [-0.05, 0) is 160 Å². The highest BCUT2D eigenvalue weighted by Crippen LogP contribution is 2.40. The van der Waals surface area contributed by atoms with Crippen LogP contribution in [0.25, 0.3) is 54.5 Å². The SMILES string of the molecule is COC(=O)CCc1ccc(N(c2ccc(-c3ccc(-c4ccc(-c5ccc(N(c6ccc(CCCOC=O)cc6)c6ccc(-c7cccs7)cc6)cc5)cn4)nc3)cc2)c2ccc(-c3cccs3)cc2)cc1. The lowest BCUT2D eigenvalue weighted by Crippen LogP contribution is -2.10. The van der Waals surface area contributed by atoms with Crippen molar-refractivity contribution in [2.75, 3.05) is 23.5 Å². The number of carbonyl (C=O) groups is 2. The number of aryl methyl sites for hydroxylation is 2. The molecule has 0 N–H and O–H groups in total. The maximum atomic E-state index is 11.8. The predicted octanol–water partition coefficient (Wildman–Crippen LogP) is 16.1. The highest BCUT2D eigenvalue weighted by atomic mass is 32.1. The summed E-state index contributed by atoms with van der Waals surface area (Å²) in [6, 6.07) is 68.2. The number of ether oxygens (including phenoxy) is 2. The molecule has 10 heteroatoms. The van der Waals surface area contributed by atoms with E-state index < -0.39 is 0 Å². The molecule has 0 aliphatic carbocycles. The van der Waals surface area contributed by atoms with E-state index in [1.54, 1.807) is 22.7 Å². The van der Waals surface area contributed by atoms with E-state index in [1.807, 2.05) is 24.5 Å². The molecule has 10 rings (SSSR count). The molecular weight excluding hydrogens is 929 g/mol. The number of thiophene rings is 2. The van der Waals surface area contributed by atoms with Crippen LogP contribution in [0, 0.1) is 0 Å². The van der Waals surface area contributed by atoms with Crippen LogP contribution in [0.4, 0.5) is 34.1 Å². The Bertz CT molecular complexity index is 3310. The highest BCUT2D eigenvalue weighted by Gasteiger charge is 2.17. The van der Waals surface area contributed by atoms with Gasteiger partial charge in [-0.15, -0.1) is 22.7 Å². The van der Waals surface area contributed by atoms with Crippen LogP contribution >= 0.6 is 22.7 Å². The normalized spacial score (nSPS) is 11.0. The van der Waals surface area contributed by atoms with Gasteiger partial charge >= 0.3 is 5.97 Å². The van der Waals surface area contributed by atoms with Crippen LogP contribution in [0.15, 0.2) is 217 Å². The molecule has 0 saturated heterocycles. The summed E-state index contributed by atoms with van der Waals surface area (Å²) in [5, 5.41) is 4.20. The van der Waals surface area contributed by atoms with Crippen LogP contribution in [-0.4, -0.2) is 36.1 Å². The first-order valence-electron chi connectivity index (χ1n) is 23.8. The summed E-state index contributed by atoms with van der Waals surface area (Å²) in [5.41, 5.74) is 16.6. The molecule has 0 aliphatic heterocycles. The Morgan fingerprint density at radius 1 is 0.472 bits per heavy atom. The summed E-state index contributed by atoms with van der Waals surface area (Å²) in [6.07, 6.45) is 6.39. The van der Waals surface area contributed by atoms with Crippen LogP contribution in [0.5, 0.6) is 0 Å². The lowest BCUT2D eigenvalue weighted by molar-refractivity contribution is -0.140. The van der Waals surface area contributed by atoms with Gasteiger partial charge in [0.1, 0.15) is 0 Å². The molecule has 0 bridgehead atoms. The van der Waals surface area contributed by atoms with E-state index in [0.29, 0.717) is 25.9 Å². The molecule has 72 heavy (non-hydrogen) atoms. The second-order valence-electron chi connectivity index (χ2n) is 17.2. The van der Waals surface area contributed by atoms with E-state index in [2.05, 4.69) is 203 Å². The van der Waals surface area contributed by atoms with Crippen molar-refractivity contribution in [3.8, 4) is 54.5 Å². The molecule has 6 aromatic carbocycles. The van der Waals surface area contributed by atoms with Gasteiger partial charge in [-0.25, -0.2) is 0 Å². The van der Waals surface area contributed by atoms with E-state index >= 15 is 0 Å². The Labute approximate surface area is 428 Å². The number of pyridine rings is 2. The van der Waals surface area contributed by atoms with E-state index in [0.717, 1.165) is 86.2 Å². The number of methoxy groups -OCH3 is 1. The van der Waals surface area contributed by atoms with Crippen molar-refractivity contribution in [3.63, 3.8) is 0 Å². The minimum absolute atomic E-state index is 0.214. The Morgan fingerprint density at radius 3 is 1.19 bits per heavy atom. The van der Waals surface area contributed by atoms with Gasteiger partial charge in [-0.1, -0.05) is 97.1 Å². The molecular formula is C62H50N4O4S2. The average Bonchev–Trinajstić information content (AvgIpc) is 4.20. The van der Waals surface area contributed by atoms with Crippen molar-refractivity contribution in [1.29, 1.82) is 0 Å². The minimum Gasteiger partial charge on any atom is -0.469 e. The fourth-order valence-corrected chi connectivity index (χ4v) is 10.2. The van der Waals surface area contributed by atoms with E-state index in [9.17, 15) is 9.59 Å². The van der Waals surface area contributed by atoms with Crippen molar-refractivity contribution in [1.82, 2.24) is 9.97 Å². The maximum Gasteiger partial charge on any atom is 0.305 e. The molecule has 0 radical (unpaired) electrons. The number of hydrogen-bond acceptors (Lipinski definition) is 10. The van der Waals surface area contributed by atoms with Gasteiger partial charge in [0.2, 0.25) is 0 Å². The molecule has 10 aromatic rings. The number of rotatable bonds is 19. The summed E-state index contributed by atoms with van der Waals surface area (Å²) in [6.45, 7) is 0.915. The zero-order valence-corrected chi connectivity index (χ0v) is 41.3. The molecule has 0 amide bonds. The molecule has 4 aromatic heterocycles. The second-order valence-corrected chi connectivity index (χ2v) is 19.1. The van der Waals surface area contributed by atoms with Gasteiger partial charge in [0.25, 0.3) is 6.47 Å². The van der Waals surface area contributed by atoms with Gasteiger partial charge in [-0.3, -0.25) is 19.6 Å². The maximum absolute atomic E-state index is 11.8. The van der Waals surface area contributed by atoms with Crippen LogP contribution in [0.1, 0.15) is 24.0 Å². The van der Waals surface area contributed by atoms with Crippen molar-refractivity contribution in [3.05, 3.63) is 228 Å². The van der Waals surface area contributed by atoms with Crippen molar-refractivity contribution in [2.45, 2.75) is 25.7 Å². The lowest BCUT2D eigenvalue weighted by Gasteiger charge is -2.26. The van der Waals surface area contributed by atoms with E-state index in [1.165, 1.54) is 33.6 Å². The number of hydrogen-bond donors (Lipinski definition) is 0. The van der Waals surface area contributed by atoms with Crippen molar-refractivity contribution >= 4 is 69.2 Å². The van der Waals surface area contributed by atoms with Crippen LogP contribution < -0.4 is 9.80 Å². The topological polar surface area (TPSA) is 84.9 Å². The molecule has 0 saturated carbocycles. The fourth-order valence-electron chi connectivity index (χ4n) is 8.75. The standard InChI is InChI=1S/C62H50N4O4S2/c1-69-62(68)37-12-45-10-25-53(26-11-45)66(57-33-19-49(20-34-57)61-7-4-40-72-61)55-29-15-47(16-30-55)51-22-36-59(64-42-51)58-35-21-50(41-63-58)46-13-27-54(28-14-46)65(52-23-8-44(9-24-52)5-2-38-70-43-67)56-31-17-48(18-32-56)60-6-3-39-71-60/h3-4,6-11,13-36,39-43H,2,5,12,37-38H2,1H3. The van der Waals surface area contributed by atoms with Gasteiger partial charge in [0, 0.05) is 73.8 Å². The largest absolute Gasteiger partial charge is 0.469 e. The lowest BCUT2D eigenvalue weighted by atomic mass is 10.0. The molecule has 0 spiro atoms. The molecule has 0 fully saturated rings. The summed E-state index contributed by atoms with van der Waals surface area (Å²) in [7, 11) is 1.42. The third kappa shape index (κ3) is 11.1. The summed E-state index contributed by atoms with van der Waals surface area (Å²) < 4.78 is 9.76. The van der Waals surface area contributed by atoms with E-state index in [4.69, 9.17) is 19.4 Å². The Morgan fingerprint density at radius 2 is 0.847 bits per heavy atom. The Kier molecular flexibility index (Phi) is 14.8. The third-order valence-corrected chi connectivity index (χ3v) is 14.4. The first kappa shape index (κ1) is 47.2. The number of anilines is 6. The number of nitrogens with zero attached hydrogens (tertiary/aromatic N) is 4. The van der Waals surface area contributed by atoms with E-state index in [-0.39, 0.29) is 5.97 Å². The quantitative estimate of drug-likeness (QED) is 0.0450. The zero-order chi connectivity index (χ0) is 49.1.